The SMILES string of the molecule is Cc1ccc(C)c(S(=O)(=O)NN=Cc2c(-c3ccccc3)n(-c3ccccc3)c3ccccc23)c1. The van der Waals surface area contributed by atoms with Gasteiger partial charge in [-0.25, -0.2) is 4.83 Å². The number of hydrogen-bond acceptors (Lipinski definition) is 3. The molecular weight excluding hydrogens is 454 g/mol. The van der Waals surface area contributed by atoms with Crippen LogP contribution in [-0.4, -0.2) is 19.2 Å². The van der Waals surface area contributed by atoms with Crippen molar-refractivity contribution >= 4 is 27.1 Å². The molecule has 0 aliphatic carbocycles. The average molecular weight is 480 g/mol. The third-order valence-electron chi connectivity index (χ3n) is 5.98. The molecule has 5 rings (SSSR count). The summed E-state index contributed by atoms with van der Waals surface area (Å²) in [5.41, 5.74) is 6.34. The number of nitrogens with zero attached hydrogens (tertiary/aromatic N) is 2. The maximum atomic E-state index is 13.0. The first-order valence-corrected chi connectivity index (χ1v) is 12.8. The second-order valence-electron chi connectivity index (χ2n) is 8.44. The molecule has 0 unspecified atom stereocenters. The van der Waals surface area contributed by atoms with Gasteiger partial charge >= 0.3 is 0 Å². The van der Waals surface area contributed by atoms with Crippen molar-refractivity contribution in [2.75, 3.05) is 0 Å². The predicted molar refractivity (Wildman–Crippen MR) is 143 cm³/mol. The molecule has 6 heteroatoms. The van der Waals surface area contributed by atoms with Gasteiger partial charge in [-0.05, 0) is 54.8 Å². The lowest BCUT2D eigenvalue weighted by Gasteiger charge is -2.12. The van der Waals surface area contributed by atoms with E-state index in [1.54, 1.807) is 25.3 Å². The van der Waals surface area contributed by atoms with Crippen LogP contribution in [0.25, 0.3) is 27.8 Å². The molecule has 4 aromatic carbocycles. The van der Waals surface area contributed by atoms with Crippen LogP contribution in [-0.2, 0) is 10.0 Å². The quantitative estimate of drug-likeness (QED) is 0.232. The lowest BCUT2D eigenvalue weighted by molar-refractivity contribution is 0.584. The molecule has 5 nitrogen and oxygen atoms in total. The molecule has 5 aromatic rings. The van der Waals surface area contributed by atoms with Crippen LogP contribution < -0.4 is 4.83 Å². The lowest BCUT2D eigenvalue weighted by Crippen LogP contribution is -2.19. The van der Waals surface area contributed by atoms with Crippen molar-refractivity contribution in [1.29, 1.82) is 0 Å². The zero-order valence-corrected chi connectivity index (χ0v) is 20.3. The number of nitrogens with one attached hydrogen (secondary N) is 1. The fraction of sp³-hybridized carbons (Fsp3) is 0.0690. The van der Waals surface area contributed by atoms with Crippen molar-refractivity contribution in [3.05, 3.63) is 120 Å². The zero-order valence-electron chi connectivity index (χ0n) is 19.5. The van der Waals surface area contributed by atoms with E-state index in [0.29, 0.717) is 5.56 Å². The van der Waals surface area contributed by atoms with Gasteiger partial charge < -0.3 is 4.57 Å². The number of para-hydroxylation sites is 2. The van der Waals surface area contributed by atoms with Gasteiger partial charge in [0.1, 0.15) is 0 Å². The standard InChI is InChI=1S/C29H25N3O2S/c1-21-17-18-22(2)28(19-21)35(33,34)31-30-20-26-25-15-9-10-16-27(25)32(24-13-7-4-8-14-24)29(26)23-11-5-3-6-12-23/h3-20,31H,1-2H3. The summed E-state index contributed by atoms with van der Waals surface area (Å²) in [7, 11) is -3.81. The largest absolute Gasteiger partial charge is 0.309 e. The fourth-order valence-corrected chi connectivity index (χ4v) is 5.45. The van der Waals surface area contributed by atoms with Crippen molar-refractivity contribution in [3.8, 4) is 16.9 Å². The van der Waals surface area contributed by atoms with Gasteiger partial charge in [0.25, 0.3) is 10.0 Å². The third-order valence-corrected chi connectivity index (χ3v) is 7.34. The van der Waals surface area contributed by atoms with E-state index in [1.165, 1.54) is 0 Å². The summed E-state index contributed by atoms with van der Waals surface area (Å²) < 4.78 is 28.2. The number of hydrazone groups is 1. The Balaban J connectivity index is 1.67. The first-order chi connectivity index (χ1) is 17.0. The maximum absolute atomic E-state index is 13.0. The monoisotopic (exact) mass is 479 g/mol. The second-order valence-corrected chi connectivity index (χ2v) is 10.1. The van der Waals surface area contributed by atoms with E-state index < -0.39 is 10.0 Å². The van der Waals surface area contributed by atoms with E-state index in [0.717, 1.165) is 39.0 Å². The van der Waals surface area contributed by atoms with E-state index in [9.17, 15) is 8.42 Å². The van der Waals surface area contributed by atoms with Crippen LogP contribution in [0.2, 0.25) is 0 Å². The Hall–Kier alpha value is -4.16. The summed E-state index contributed by atoms with van der Waals surface area (Å²) in [5, 5.41) is 5.20. The zero-order chi connectivity index (χ0) is 24.4. The first-order valence-electron chi connectivity index (χ1n) is 11.3. The summed E-state index contributed by atoms with van der Waals surface area (Å²) >= 11 is 0. The Morgan fingerprint density at radius 3 is 2.20 bits per heavy atom. The Kier molecular flexibility index (Phi) is 5.97. The molecule has 1 heterocycles. The minimum Gasteiger partial charge on any atom is -0.309 e. The molecule has 0 aliphatic rings. The normalized spacial score (nSPS) is 11.8. The fourth-order valence-electron chi connectivity index (χ4n) is 4.33. The summed E-state index contributed by atoms with van der Waals surface area (Å²) in [5.74, 6) is 0. The number of aryl methyl sites for hydroxylation is 2. The molecule has 1 N–H and O–H groups in total. The van der Waals surface area contributed by atoms with Crippen molar-refractivity contribution in [1.82, 2.24) is 9.40 Å². The highest BCUT2D eigenvalue weighted by Crippen LogP contribution is 2.35. The van der Waals surface area contributed by atoms with Crippen LogP contribution in [0.5, 0.6) is 0 Å². The molecule has 0 radical (unpaired) electrons. The minimum absolute atomic E-state index is 0.227. The van der Waals surface area contributed by atoms with Gasteiger partial charge in [-0.15, -0.1) is 0 Å². The van der Waals surface area contributed by atoms with Crippen LogP contribution in [0.3, 0.4) is 0 Å². The number of aromatic nitrogens is 1. The number of sulfonamides is 1. The molecule has 0 spiro atoms. The van der Waals surface area contributed by atoms with Crippen LogP contribution in [0, 0.1) is 13.8 Å². The van der Waals surface area contributed by atoms with E-state index >= 15 is 0 Å². The summed E-state index contributed by atoms with van der Waals surface area (Å²) in [6, 6.07) is 33.6. The van der Waals surface area contributed by atoms with Crippen LogP contribution in [0.1, 0.15) is 16.7 Å². The highest BCUT2D eigenvalue weighted by Gasteiger charge is 2.20. The molecule has 0 aliphatic heterocycles. The summed E-state index contributed by atoms with van der Waals surface area (Å²) in [6.45, 7) is 3.64. The van der Waals surface area contributed by atoms with Gasteiger partial charge in [-0.2, -0.15) is 13.5 Å². The topological polar surface area (TPSA) is 63.5 Å². The van der Waals surface area contributed by atoms with E-state index in [4.69, 9.17) is 0 Å². The third kappa shape index (κ3) is 4.36. The van der Waals surface area contributed by atoms with Crippen LogP contribution in [0.15, 0.2) is 113 Å². The summed E-state index contributed by atoms with van der Waals surface area (Å²) in [4.78, 5) is 2.64. The molecule has 174 valence electrons. The molecule has 0 saturated heterocycles. The van der Waals surface area contributed by atoms with Gasteiger partial charge in [0.2, 0.25) is 0 Å². The molecule has 0 atom stereocenters. The van der Waals surface area contributed by atoms with Gasteiger partial charge in [-0.3, -0.25) is 0 Å². The highest BCUT2D eigenvalue weighted by atomic mass is 32.2. The Morgan fingerprint density at radius 1 is 0.800 bits per heavy atom. The van der Waals surface area contributed by atoms with Crippen molar-refractivity contribution < 1.29 is 8.42 Å². The summed E-state index contributed by atoms with van der Waals surface area (Å²) in [6.07, 6.45) is 1.60. The van der Waals surface area contributed by atoms with Gasteiger partial charge in [0, 0.05) is 16.6 Å². The van der Waals surface area contributed by atoms with Crippen LogP contribution in [0.4, 0.5) is 0 Å². The minimum atomic E-state index is -3.81. The Morgan fingerprint density at radius 2 is 1.46 bits per heavy atom. The van der Waals surface area contributed by atoms with E-state index in [2.05, 4.69) is 32.7 Å². The average Bonchev–Trinajstić information content (AvgIpc) is 3.21. The van der Waals surface area contributed by atoms with Gasteiger partial charge in [0.15, 0.2) is 0 Å². The van der Waals surface area contributed by atoms with Crippen LogP contribution >= 0.6 is 0 Å². The molecule has 0 bridgehead atoms. The Bertz CT molecular complexity index is 1640. The predicted octanol–water partition coefficient (Wildman–Crippen LogP) is 6.23. The van der Waals surface area contributed by atoms with E-state index in [1.807, 2.05) is 79.7 Å². The molecule has 1 aromatic heterocycles. The van der Waals surface area contributed by atoms with Gasteiger partial charge in [0.05, 0.1) is 22.3 Å². The second kappa shape index (κ2) is 9.24. The number of fused-ring (bicyclic) bond motifs is 1. The highest BCUT2D eigenvalue weighted by molar-refractivity contribution is 7.89. The molecular formula is C29H25N3O2S. The number of benzene rings is 4. The molecule has 0 saturated carbocycles. The Labute approximate surface area is 205 Å². The van der Waals surface area contributed by atoms with Crippen molar-refractivity contribution in [3.63, 3.8) is 0 Å². The van der Waals surface area contributed by atoms with Crippen molar-refractivity contribution in [2.24, 2.45) is 5.10 Å². The number of rotatable bonds is 6. The van der Waals surface area contributed by atoms with Crippen molar-refractivity contribution in [2.45, 2.75) is 18.7 Å². The van der Waals surface area contributed by atoms with E-state index in [-0.39, 0.29) is 4.90 Å². The first kappa shape index (κ1) is 22.6. The molecule has 35 heavy (non-hydrogen) atoms. The van der Waals surface area contributed by atoms with Gasteiger partial charge in [-0.1, -0.05) is 78.9 Å². The molecule has 0 fully saturated rings. The smallest absolute Gasteiger partial charge is 0.276 e. The maximum Gasteiger partial charge on any atom is 0.276 e. The number of hydrogen-bond donors (Lipinski definition) is 1. The molecule has 0 amide bonds. The lowest BCUT2D eigenvalue weighted by atomic mass is 10.1.